The molecule has 1 aromatic rings. The molecular weight excluding hydrogens is 253 g/mol. The van der Waals surface area contributed by atoms with Crippen LogP contribution in [0.4, 0.5) is 13.2 Å². The van der Waals surface area contributed by atoms with Crippen molar-refractivity contribution in [2.45, 2.75) is 44.8 Å². The highest BCUT2D eigenvalue weighted by Crippen LogP contribution is 2.31. The highest BCUT2D eigenvalue weighted by Gasteiger charge is 2.31. The summed E-state index contributed by atoms with van der Waals surface area (Å²) in [6.07, 6.45) is -1.41. The van der Waals surface area contributed by atoms with Gasteiger partial charge in [0.05, 0.1) is 5.56 Å². The minimum absolute atomic E-state index is 0.289. The van der Waals surface area contributed by atoms with Crippen LogP contribution in [0.3, 0.4) is 0 Å². The Morgan fingerprint density at radius 1 is 1.21 bits per heavy atom. The van der Waals surface area contributed by atoms with Crippen molar-refractivity contribution in [2.75, 3.05) is 13.1 Å². The summed E-state index contributed by atoms with van der Waals surface area (Å²) in [7, 11) is 0. The maximum atomic E-state index is 12.5. The van der Waals surface area contributed by atoms with Gasteiger partial charge in [-0.05, 0) is 51.9 Å². The van der Waals surface area contributed by atoms with Crippen molar-refractivity contribution in [3.8, 4) is 0 Å². The minimum atomic E-state index is -4.30. The summed E-state index contributed by atoms with van der Waals surface area (Å²) < 4.78 is 37.4. The number of piperidine rings is 1. The third-order valence-corrected chi connectivity index (χ3v) is 3.79. The second kappa shape index (κ2) is 5.49. The molecular formula is C14H19F3N2. The number of pyridine rings is 1. The quantitative estimate of drug-likeness (QED) is 0.816. The molecule has 0 amide bonds. The van der Waals surface area contributed by atoms with Gasteiger partial charge in [0.15, 0.2) is 0 Å². The fourth-order valence-electron chi connectivity index (χ4n) is 2.53. The first kappa shape index (κ1) is 14.3. The van der Waals surface area contributed by atoms with Gasteiger partial charge in [-0.2, -0.15) is 13.2 Å². The smallest absolute Gasteiger partial charge is 0.301 e. The molecule has 106 valence electrons. The first-order valence-electron chi connectivity index (χ1n) is 6.65. The van der Waals surface area contributed by atoms with E-state index in [9.17, 15) is 13.2 Å². The molecule has 0 aromatic carbocycles. The molecule has 0 spiro atoms. The summed E-state index contributed by atoms with van der Waals surface area (Å²) in [5.74, 6) is 0.289. The summed E-state index contributed by atoms with van der Waals surface area (Å²) >= 11 is 0. The van der Waals surface area contributed by atoms with E-state index >= 15 is 0 Å². The second-order valence-electron chi connectivity index (χ2n) is 5.37. The van der Waals surface area contributed by atoms with Gasteiger partial charge >= 0.3 is 6.18 Å². The highest BCUT2D eigenvalue weighted by atomic mass is 19.4. The van der Waals surface area contributed by atoms with Crippen molar-refractivity contribution in [3.05, 3.63) is 29.6 Å². The van der Waals surface area contributed by atoms with Crippen LogP contribution in [0.2, 0.25) is 0 Å². The van der Waals surface area contributed by atoms with Crippen LogP contribution in [-0.4, -0.2) is 29.0 Å². The zero-order valence-corrected chi connectivity index (χ0v) is 11.2. The van der Waals surface area contributed by atoms with Crippen LogP contribution in [0.1, 0.15) is 43.9 Å². The molecule has 0 N–H and O–H groups in total. The molecule has 0 unspecified atom stereocenters. The number of likely N-dealkylation sites (tertiary alicyclic amines) is 1. The van der Waals surface area contributed by atoms with E-state index in [0.717, 1.165) is 43.9 Å². The molecule has 1 fully saturated rings. The molecule has 1 aliphatic heterocycles. The van der Waals surface area contributed by atoms with Crippen LogP contribution in [0.5, 0.6) is 0 Å². The fourth-order valence-corrected chi connectivity index (χ4v) is 2.53. The normalized spacial score (nSPS) is 19.1. The van der Waals surface area contributed by atoms with Gasteiger partial charge in [-0.1, -0.05) is 0 Å². The van der Waals surface area contributed by atoms with Crippen molar-refractivity contribution in [1.29, 1.82) is 0 Å². The lowest BCUT2D eigenvalue weighted by Gasteiger charge is -2.34. The summed E-state index contributed by atoms with van der Waals surface area (Å²) in [5.41, 5.74) is 0.118. The predicted octanol–water partition coefficient (Wildman–Crippen LogP) is 3.69. The molecule has 1 aromatic heterocycles. The van der Waals surface area contributed by atoms with E-state index in [2.05, 4.69) is 23.7 Å². The summed E-state index contributed by atoms with van der Waals surface area (Å²) in [6, 6.07) is 3.19. The lowest BCUT2D eigenvalue weighted by molar-refractivity contribution is -0.137. The molecule has 1 saturated heterocycles. The standard InChI is InChI=1S/C14H19F3N2/c1-10(2)19-7-5-11(6-8-19)13-4-3-12(9-18-13)14(15,16)17/h3-4,9-11H,5-8H2,1-2H3. The molecule has 2 nitrogen and oxygen atoms in total. The van der Waals surface area contributed by atoms with E-state index in [1.807, 2.05) is 0 Å². The van der Waals surface area contributed by atoms with Gasteiger partial charge in [0, 0.05) is 23.9 Å². The van der Waals surface area contributed by atoms with E-state index in [-0.39, 0.29) is 5.92 Å². The number of hydrogen-bond acceptors (Lipinski definition) is 2. The van der Waals surface area contributed by atoms with Crippen LogP contribution >= 0.6 is 0 Å². The predicted molar refractivity (Wildman–Crippen MR) is 67.9 cm³/mol. The maximum absolute atomic E-state index is 12.5. The Hall–Kier alpha value is -1.10. The number of aromatic nitrogens is 1. The molecule has 1 aliphatic rings. The molecule has 2 heterocycles. The molecule has 0 bridgehead atoms. The lowest BCUT2D eigenvalue weighted by Crippen LogP contribution is -2.38. The van der Waals surface area contributed by atoms with Crippen LogP contribution in [0, 0.1) is 0 Å². The third-order valence-electron chi connectivity index (χ3n) is 3.79. The molecule has 0 saturated carbocycles. The Morgan fingerprint density at radius 3 is 2.26 bits per heavy atom. The monoisotopic (exact) mass is 272 g/mol. The topological polar surface area (TPSA) is 16.1 Å². The molecule has 5 heteroatoms. The number of halogens is 3. The number of hydrogen-bond donors (Lipinski definition) is 0. The maximum Gasteiger partial charge on any atom is 0.417 e. The average molecular weight is 272 g/mol. The van der Waals surface area contributed by atoms with Gasteiger partial charge in [-0.3, -0.25) is 4.98 Å². The Kier molecular flexibility index (Phi) is 4.13. The first-order chi connectivity index (χ1) is 8.88. The fraction of sp³-hybridized carbons (Fsp3) is 0.643. The number of nitrogens with zero attached hydrogens (tertiary/aromatic N) is 2. The first-order valence-corrected chi connectivity index (χ1v) is 6.65. The van der Waals surface area contributed by atoms with E-state index in [1.54, 1.807) is 0 Å². The van der Waals surface area contributed by atoms with E-state index in [1.165, 1.54) is 6.07 Å². The zero-order chi connectivity index (χ0) is 14.0. The van der Waals surface area contributed by atoms with Crippen molar-refractivity contribution in [3.63, 3.8) is 0 Å². The van der Waals surface area contributed by atoms with E-state index in [0.29, 0.717) is 6.04 Å². The Morgan fingerprint density at radius 2 is 1.84 bits per heavy atom. The minimum Gasteiger partial charge on any atom is -0.301 e. The van der Waals surface area contributed by atoms with Crippen LogP contribution in [0.25, 0.3) is 0 Å². The third kappa shape index (κ3) is 3.47. The Labute approximate surface area is 111 Å². The van der Waals surface area contributed by atoms with Gasteiger partial charge in [0.1, 0.15) is 0 Å². The van der Waals surface area contributed by atoms with Crippen molar-refractivity contribution in [1.82, 2.24) is 9.88 Å². The van der Waals surface area contributed by atoms with Crippen molar-refractivity contribution in [2.24, 2.45) is 0 Å². The van der Waals surface area contributed by atoms with Crippen LogP contribution in [0.15, 0.2) is 18.3 Å². The van der Waals surface area contributed by atoms with Crippen LogP contribution in [-0.2, 0) is 6.18 Å². The van der Waals surface area contributed by atoms with E-state index < -0.39 is 11.7 Å². The van der Waals surface area contributed by atoms with Crippen LogP contribution < -0.4 is 0 Å². The van der Waals surface area contributed by atoms with Gasteiger partial charge < -0.3 is 4.90 Å². The molecule has 19 heavy (non-hydrogen) atoms. The molecule has 2 rings (SSSR count). The molecule has 0 aliphatic carbocycles. The summed E-state index contributed by atoms with van der Waals surface area (Å²) in [5, 5.41) is 0. The second-order valence-corrected chi connectivity index (χ2v) is 5.37. The van der Waals surface area contributed by atoms with E-state index in [4.69, 9.17) is 0 Å². The van der Waals surface area contributed by atoms with Crippen molar-refractivity contribution >= 4 is 0 Å². The Balaban J connectivity index is 2.00. The highest BCUT2D eigenvalue weighted by molar-refractivity contribution is 5.19. The summed E-state index contributed by atoms with van der Waals surface area (Å²) in [6.45, 7) is 6.31. The number of alkyl halides is 3. The van der Waals surface area contributed by atoms with Gasteiger partial charge in [0.2, 0.25) is 0 Å². The van der Waals surface area contributed by atoms with Gasteiger partial charge in [0.25, 0.3) is 0 Å². The SMILES string of the molecule is CC(C)N1CCC(c2ccc(C(F)(F)F)cn2)CC1. The summed E-state index contributed by atoms with van der Waals surface area (Å²) in [4.78, 5) is 6.39. The Bertz CT molecular complexity index is 404. The lowest BCUT2D eigenvalue weighted by atomic mass is 9.92. The van der Waals surface area contributed by atoms with Crippen molar-refractivity contribution < 1.29 is 13.2 Å². The number of rotatable bonds is 2. The molecule has 0 radical (unpaired) electrons. The zero-order valence-electron chi connectivity index (χ0n) is 11.2. The van der Waals surface area contributed by atoms with Gasteiger partial charge in [-0.15, -0.1) is 0 Å². The van der Waals surface area contributed by atoms with Gasteiger partial charge in [-0.25, -0.2) is 0 Å². The molecule has 0 atom stereocenters. The average Bonchev–Trinajstić information content (AvgIpc) is 2.38. The largest absolute Gasteiger partial charge is 0.417 e.